The molecule has 0 saturated carbocycles. The Morgan fingerprint density at radius 1 is 1.52 bits per heavy atom. The van der Waals surface area contributed by atoms with E-state index in [0.29, 0.717) is 28.0 Å². The van der Waals surface area contributed by atoms with Gasteiger partial charge in [-0.25, -0.2) is 0 Å². The first-order chi connectivity index (χ1) is 10.9. The van der Waals surface area contributed by atoms with E-state index in [9.17, 15) is 9.59 Å². The van der Waals surface area contributed by atoms with Gasteiger partial charge in [0.1, 0.15) is 10.1 Å². The number of benzene rings is 1. The van der Waals surface area contributed by atoms with Crippen LogP contribution in [0.3, 0.4) is 0 Å². The number of amides is 1. The molecule has 1 aliphatic heterocycles. The zero-order valence-electron chi connectivity index (χ0n) is 12.2. The highest BCUT2D eigenvalue weighted by atomic mass is 79.9. The molecule has 122 valence electrons. The molecule has 1 heterocycles. The number of hydrogen-bond donors (Lipinski definition) is 1. The quantitative estimate of drug-likeness (QED) is 0.435. The second-order valence-electron chi connectivity index (χ2n) is 4.77. The van der Waals surface area contributed by atoms with E-state index in [1.54, 1.807) is 19.2 Å². The van der Waals surface area contributed by atoms with Gasteiger partial charge in [0.25, 0.3) is 5.91 Å². The van der Waals surface area contributed by atoms with Crippen molar-refractivity contribution in [2.75, 3.05) is 13.7 Å². The number of ether oxygens (including phenoxy) is 1. The van der Waals surface area contributed by atoms with Crippen molar-refractivity contribution in [3.05, 3.63) is 33.1 Å². The van der Waals surface area contributed by atoms with Gasteiger partial charge in [0, 0.05) is 23.5 Å². The van der Waals surface area contributed by atoms with Gasteiger partial charge in [0.2, 0.25) is 0 Å². The molecule has 1 aromatic carbocycles. The van der Waals surface area contributed by atoms with Crippen molar-refractivity contribution in [1.82, 2.24) is 4.90 Å². The predicted molar refractivity (Wildman–Crippen MR) is 97.4 cm³/mol. The molecule has 0 atom stereocenters. The van der Waals surface area contributed by atoms with Crippen LogP contribution in [0.2, 0.25) is 0 Å². The molecule has 8 heteroatoms. The summed E-state index contributed by atoms with van der Waals surface area (Å²) in [5.74, 6) is -0.395. The summed E-state index contributed by atoms with van der Waals surface area (Å²) in [5, 5.41) is 8.64. The first-order valence-electron chi connectivity index (χ1n) is 6.74. The Hall–Kier alpha value is -1.38. The second kappa shape index (κ2) is 7.94. The minimum atomic E-state index is -0.851. The van der Waals surface area contributed by atoms with Crippen LogP contribution in [0.25, 0.3) is 6.08 Å². The summed E-state index contributed by atoms with van der Waals surface area (Å²) in [5.41, 5.74) is 0.739. The molecule has 0 aromatic heterocycles. The van der Waals surface area contributed by atoms with Crippen molar-refractivity contribution in [2.45, 2.75) is 12.8 Å². The fourth-order valence-electron chi connectivity index (χ4n) is 1.86. The molecule has 1 amide bonds. The molecule has 0 aliphatic carbocycles. The molecule has 5 nitrogen and oxygen atoms in total. The average Bonchev–Trinajstić information content (AvgIpc) is 2.72. The van der Waals surface area contributed by atoms with Crippen molar-refractivity contribution in [3.63, 3.8) is 0 Å². The maximum atomic E-state index is 12.1. The number of thioether (sulfide) groups is 1. The number of carboxylic acid groups (broad SMARTS) is 1. The van der Waals surface area contributed by atoms with Gasteiger partial charge in [-0.1, -0.05) is 39.9 Å². The number of nitrogens with zero attached hydrogens (tertiary/aromatic N) is 1. The fraction of sp³-hybridized carbons (Fsp3) is 0.267. The summed E-state index contributed by atoms with van der Waals surface area (Å²) >= 11 is 9.75. The number of rotatable bonds is 6. The Morgan fingerprint density at radius 2 is 2.26 bits per heavy atom. The van der Waals surface area contributed by atoms with Crippen LogP contribution in [-0.2, 0) is 9.59 Å². The van der Waals surface area contributed by atoms with Crippen LogP contribution >= 0.6 is 39.9 Å². The molecular formula is C15H14BrNO4S2. The number of hydrogen-bond acceptors (Lipinski definition) is 5. The first-order valence-corrected chi connectivity index (χ1v) is 8.76. The van der Waals surface area contributed by atoms with Gasteiger partial charge < -0.3 is 9.84 Å². The number of thiocarbonyl (C=S) groups is 1. The highest BCUT2D eigenvalue weighted by Gasteiger charge is 2.28. The molecular weight excluding hydrogens is 402 g/mol. The van der Waals surface area contributed by atoms with E-state index in [1.165, 1.54) is 16.7 Å². The summed E-state index contributed by atoms with van der Waals surface area (Å²) in [6.07, 6.45) is 2.21. The molecule has 1 N–H and O–H groups in total. The summed E-state index contributed by atoms with van der Waals surface area (Å²) in [7, 11) is 1.64. The lowest BCUT2D eigenvalue weighted by Gasteiger charge is -2.10. The summed E-state index contributed by atoms with van der Waals surface area (Å²) in [6, 6.07) is 5.45. The average molecular weight is 416 g/mol. The van der Waals surface area contributed by atoms with Crippen LogP contribution in [0, 0.1) is 0 Å². The van der Waals surface area contributed by atoms with Crippen molar-refractivity contribution < 1.29 is 19.4 Å². The molecule has 0 bridgehead atoms. The number of aliphatic carboxylic acids is 1. The molecule has 23 heavy (non-hydrogen) atoms. The van der Waals surface area contributed by atoms with Crippen LogP contribution in [0.15, 0.2) is 27.6 Å². The Bertz CT molecular complexity index is 690. The van der Waals surface area contributed by atoms with Gasteiger partial charge >= 0.3 is 5.97 Å². The predicted octanol–water partition coefficient (Wildman–Crippen LogP) is 3.52. The monoisotopic (exact) mass is 415 g/mol. The summed E-state index contributed by atoms with van der Waals surface area (Å²) < 4.78 is 7.02. The lowest BCUT2D eigenvalue weighted by molar-refractivity contribution is -0.137. The van der Waals surface area contributed by atoms with E-state index in [4.69, 9.17) is 22.1 Å². The Labute approximate surface area is 151 Å². The molecule has 2 rings (SSSR count). The topological polar surface area (TPSA) is 66.8 Å². The van der Waals surface area contributed by atoms with E-state index in [-0.39, 0.29) is 12.3 Å². The normalized spacial score (nSPS) is 16.3. The summed E-state index contributed by atoms with van der Waals surface area (Å²) in [4.78, 5) is 24.6. The molecule has 1 aliphatic rings. The van der Waals surface area contributed by atoms with Crippen molar-refractivity contribution in [1.29, 1.82) is 0 Å². The molecule has 1 aromatic rings. The van der Waals surface area contributed by atoms with E-state index in [2.05, 4.69) is 15.9 Å². The van der Waals surface area contributed by atoms with Crippen molar-refractivity contribution >= 4 is 62.2 Å². The van der Waals surface area contributed by atoms with E-state index in [0.717, 1.165) is 10.0 Å². The third kappa shape index (κ3) is 4.79. The minimum Gasteiger partial charge on any atom is -0.493 e. The van der Waals surface area contributed by atoms with Gasteiger partial charge in [-0.2, -0.15) is 0 Å². The van der Waals surface area contributed by atoms with Crippen LogP contribution in [0.4, 0.5) is 0 Å². The molecule has 1 fully saturated rings. The van der Waals surface area contributed by atoms with E-state index < -0.39 is 5.97 Å². The minimum absolute atomic E-state index is 0.0559. The fourth-order valence-corrected chi connectivity index (χ4v) is 3.41. The number of carbonyl (C=O) groups is 2. The lowest BCUT2D eigenvalue weighted by atomic mass is 10.2. The first kappa shape index (κ1) is 18.0. The van der Waals surface area contributed by atoms with Gasteiger partial charge in [0.05, 0.1) is 11.5 Å². The van der Waals surface area contributed by atoms with Crippen LogP contribution in [0.5, 0.6) is 5.75 Å². The third-order valence-corrected chi connectivity index (χ3v) is 5.02. The molecule has 1 saturated heterocycles. The highest BCUT2D eigenvalue weighted by molar-refractivity contribution is 9.10. The number of carbonyl (C=O) groups excluding carboxylic acids is 1. The number of likely N-dealkylation sites (N-methyl/N-ethyl adjacent to an activating group) is 1. The van der Waals surface area contributed by atoms with Gasteiger partial charge in [-0.15, -0.1) is 0 Å². The SMILES string of the molecule is CN1C(=O)C(=Cc2cc(Br)ccc2OCCCC(=O)O)SC1=S. The maximum Gasteiger partial charge on any atom is 0.303 e. The highest BCUT2D eigenvalue weighted by Crippen LogP contribution is 2.34. The number of carboxylic acids is 1. The zero-order chi connectivity index (χ0) is 17.0. The third-order valence-electron chi connectivity index (χ3n) is 3.04. The molecule has 0 radical (unpaired) electrons. The van der Waals surface area contributed by atoms with Crippen molar-refractivity contribution in [2.24, 2.45) is 0 Å². The van der Waals surface area contributed by atoms with E-state index >= 15 is 0 Å². The van der Waals surface area contributed by atoms with Gasteiger partial charge in [-0.05, 0) is 30.7 Å². The standard InChI is InChI=1S/C15H14BrNO4S2/c1-17-14(20)12(23-15(17)22)8-9-7-10(16)4-5-11(9)21-6-2-3-13(18)19/h4-5,7-8H,2-3,6H2,1H3,(H,18,19). The van der Waals surface area contributed by atoms with Crippen LogP contribution in [0.1, 0.15) is 18.4 Å². The Kier molecular flexibility index (Phi) is 6.20. The second-order valence-corrected chi connectivity index (χ2v) is 7.36. The molecule has 0 spiro atoms. The smallest absolute Gasteiger partial charge is 0.303 e. The van der Waals surface area contributed by atoms with Crippen LogP contribution in [-0.4, -0.2) is 39.9 Å². The Balaban J connectivity index is 2.17. The van der Waals surface area contributed by atoms with Crippen molar-refractivity contribution in [3.8, 4) is 5.75 Å². The van der Waals surface area contributed by atoms with Gasteiger partial charge in [0.15, 0.2) is 0 Å². The van der Waals surface area contributed by atoms with Gasteiger partial charge in [-0.3, -0.25) is 14.5 Å². The molecule has 0 unspecified atom stereocenters. The van der Waals surface area contributed by atoms with Crippen LogP contribution < -0.4 is 4.74 Å². The summed E-state index contributed by atoms with van der Waals surface area (Å²) in [6.45, 7) is 0.295. The number of halogens is 1. The lowest BCUT2D eigenvalue weighted by Crippen LogP contribution is -2.22. The maximum absolute atomic E-state index is 12.1. The Morgan fingerprint density at radius 3 is 2.87 bits per heavy atom. The van der Waals surface area contributed by atoms with E-state index in [1.807, 2.05) is 12.1 Å². The zero-order valence-corrected chi connectivity index (χ0v) is 15.5. The largest absolute Gasteiger partial charge is 0.493 e.